The molecule has 0 aliphatic carbocycles. The number of hydrogen-bond donors (Lipinski definition) is 1. The fraction of sp³-hybridized carbons (Fsp3) is 0.556. The van der Waals surface area contributed by atoms with E-state index in [0.717, 1.165) is 13.0 Å². The first-order valence-electron chi connectivity index (χ1n) is 4.53. The Bertz CT molecular complexity index is 278. The number of carbonyl (C=O) groups excluding carboxylic acids is 1. The average Bonchev–Trinajstić information content (AvgIpc) is 2.74. The molecule has 1 fully saturated rings. The van der Waals surface area contributed by atoms with E-state index in [1.165, 1.54) is 18.0 Å². The molecule has 1 saturated heterocycles. The van der Waals surface area contributed by atoms with Crippen molar-refractivity contribution >= 4 is 17.3 Å². The van der Waals surface area contributed by atoms with Gasteiger partial charge in [-0.25, -0.2) is 0 Å². The molecule has 1 unspecified atom stereocenters. The highest BCUT2D eigenvalue weighted by atomic mass is 32.1. The number of rotatable bonds is 3. The smallest absolute Gasteiger partial charge is 0.183 e. The lowest BCUT2D eigenvalue weighted by atomic mass is 10.1. The van der Waals surface area contributed by atoms with Crippen molar-refractivity contribution in [1.29, 1.82) is 0 Å². The highest BCUT2D eigenvalue weighted by Crippen LogP contribution is 2.12. The lowest BCUT2D eigenvalue weighted by Gasteiger charge is -2.06. The van der Waals surface area contributed by atoms with Crippen LogP contribution in [0, 0.1) is 0 Å². The van der Waals surface area contributed by atoms with Gasteiger partial charge in [-0.3, -0.25) is 4.79 Å². The van der Waals surface area contributed by atoms with E-state index >= 15 is 0 Å². The average molecular weight is 196 g/mol. The van der Waals surface area contributed by atoms with Crippen molar-refractivity contribution < 1.29 is 4.79 Å². The van der Waals surface area contributed by atoms with E-state index in [1.54, 1.807) is 6.07 Å². The Morgan fingerprint density at radius 1 is 1.77 bits per heavy atom. The van der Waals surface area contributed by atoms with Crippen molar-refractivity contribution in [3.8, 4) is 0 Å². The summed E-state index contributed by atoms with van der Waals surface area (Å²) >= 11 is 1.33. The third kappa shape index (κ3) is 2.14. The van der Waals surface area contributed by atoms with E-state index in [4.69, 9.17) is 0 Å². The molecule has 13 heavy (non-hydrogen) atoms. The van der Waals surface area contributed by atoms with Gasteiger partial charge in [0.1, 0.15) is 5.69 Å². The summed E-state index contributed by atoms with van der Waals surface area (Å²) < 4.78 is 4.02. The summed E-state index contributed by atoms with van der Waals surface area (Å²) in [6, 6.07) is 2.18. The largest absolute Gasteiger partial charge is 0.314 e. The zero-order chi connectivity index (χ0) is 9.10. The predicted octanol–water partition coefficient (Wildman–Crippen LogP) is 1.47. The number of ketones is 1. The van der Waals surface area contributed by atoms with Crippen molar-refractivity contribution in [2.75, 3.05) is 6.54 Å². The first kappa shape index (κ1) is 8.84. The Morgan fingerprint density at radius 3 is 3.31 bits per heavy atom. The predicted molar refractivity (Wildman–Crippen MR) is 52.1 cm³/mol. The van der Waals surface area contributed by atoms with Crippen LogP contribution < -0.4 is 5.32 Å². The molecule has 1 aliphatic heterocycles. The summed E-state index contributed by atoms with van der Waals surface area (Å²) in [5, 5.41) is 5.15. The zero-order valence-electron chi connectivity index (χ0n) is 7.32. The van der Waals surface area contributed by atoms with Crippen LogP contribution in [0.3, 0.4) is 0 Å². The minimum Gasteiger partial charge on any atom is -0.314 e. The minimum atomic E-state index is 0.167. The van der Waals surface area contributed by atoms with E-state index in [-0.39, 0.29) is 5.78 Å². The Labute approximate surface area is 81.3 Å². The van der Waals surface area contributed by atoms with Crippen molar-refractivity contribution in [3.63, 3.8) is 0 Å². The van der Waals surface area contributed by atoms with Gasteiger partial charge in [-0.2, -0.15) is 4.37 Å². The van der Waals surface area contributed by atoms with Crippen molar-refractivity contribution in [2.24, 2.45) is 0 Å². The second-order valence-corrected chi connectivity index (χ2v) is 3.97. The molecule has 2 heterocycles. The summed E-state index contributed by atoms with van der Waals surface area (Å²) in [5.41, 5.74) is 0.624. The zero-order valence-corrected chi connectivity index (χ0v) is 8.14. The van der Waals surface area contributed by atoms with Crippen molar-refractivity contribution in [2.45, 2.75) is 25.3 Å². The Kier molecular flexibility index (Phi) is 2.71. The molecular formula is C9H12N2OS. The molecule has 0 amide bonds. The molecular weight excluding hydrogens is 184 g/mol. The number of nitrogens with one attached hydrogen (secondary N) is 1. The fourth-order valence-corrected chi connectivity index (χ4v) is 2.14. The molecule has 70 valence electrons. The van der Waals surface area contributed by atoms with Crippen LogP contribution in [0.2, 0.25) is 0 Å². The molecule has 1 N–H and O–H groups in total. The van der Waals surface area contributed by atoms with Gasteiger partial charge in [0.15, 0.2) is 5.78 Å². The van der Waals surface area contributed by atoms with Crippen LogP contribution in [-0.4, -0.2) is 22.7 Å². The maximum Gasteiger partial charge on any atom is 0.183 e. The van der Waals surface area contributed by atoms with Crippen LogP contribution in [0.15, 0.2) is 11.4 Å². The van der Waals surface area contributed by atoms with Gasteiger partial charge in [-0.15, -0.1) is 0 Å². The van der Waals surface area contributed by atoms with E-state index in [1.807, 2.05) is 5.38 Å². The number of Topliss-reactive ketones (excluding diaryl/α,β-unsaturated/α-hetero) is 1. The molecule has 0 spiro atoms. The molecule has 3 nitrogen and oxygen atoms in total. The molecule has 1 aromatic rings. The lowest BCUT2D eigenvalue weighted by molar-refractivity contribution is 0.0968. The molecule has 2 rings (SSSR count). The Morgan fingerprint density at radius 2 is 2.69 bits per heavy atom. The maximum atomic E-state index is 11.6. The highest BCUT2D eigenvalue weighted by Gasteiger charge is 2.19. The van der Waals surface area contributed by atoms with Gasteiger partial charge < -0.3 is 5.32 Å². The third-order valence-corrected chi connectivity index (χ3v) is 2.88. The van der Waals surface area contributed by atoms with Gasteiger partial charge in [0.25, 0.3) is 0 Å². The van der Waals surface area contributed by atoms with Gasteiger partial charge in [0.05, 0.1) is 0 Å². The molecule has 0 saturated carbocycles. The van der Waals surface area contributed by atoms with E-state index in [0.29, 0.717) is 18.2 Å². The van der Waals surface area contributed by atoms with Gasteiger partial charge >= 0.3 is 0 Å². The first-order valence-corrected chi connectivity index (χ1v) is 5.37. The summed E-state index contributed by atoms with van der Waals surface area (Å²) in [6.45, 7) is 1.05. The van der Waals surface area contributed by atoms with Crippen LogP contribution in [0.4, 0.5) is 0 Å². The molecule has 1 aromatic heterocycles. The third-order valence-electron chi connectivity index (χ3n) is 2.32. The number of nitrogens with zero attached hydrogens (tertiary/aromatic N) is 1. The monoisotopic (exact) mass is 196 g/mol. The Balaban J connectivity index is 1.91. The van der Waals surface area contributed by atoms with E-state index in [2.05, 4.69) is 9.69 Å². The van der Waals surface area contributed by atoms with Gasteiger partial charge in [0.2, 0.25) is 0 Å². The molecule has 1 aliphatic rings. The van der Waals surface area contributed by atoms with Crippen LogP contribution in [-0.2, 0) is 0 Å². The second-order valence-electron chi connectivity index (χ2n) is 3.31. The molecule has 4 heteroatoms. The number of carbonyl (C=O) groups is 1. The van der Waals surface area contributed by atoms with Crippen LogP contribution >= 0.6 is 11.5 Å². The highest BCUT2D eigenvalue weighted by molar-refractivity contribution is 7.03. The van der Waals surface area contributed by atoms with Crippen molar-refractivity contribution in [1.82, 2.24) is 9.69 Å². The summed E-state index contributed by atoms with van der Waals surface area (Å²) in [4.78, 5) is 11.6. The molecule has 0 aromatic carbocycles. The molecule has 0 bridgehead atoms. The lowest BCUT2D eigenvalue weighted by Crippen LogP contribution is -2.24. The fourth-order valence-electron chi connectivity index (χ4n) is 1.62. The number of hydrogen-bond acceptors (Lipinski definition) is 4. The van der Waals surface area contributed by atoms with Gasteiger partial charge in [0, 0.05) is 17.8 Å². The topological polar surface area (TPSA) is 42.0 Å². The number of aromatic nitrogens is 1. The van der Waals surface area contributed by atoms with E-state index < -0.39 is 0 Å². The first-order chi connectivity index (χ1) is 6.36. The molecule has 0 radical (unpaired) electrons. The normalized spacial score (nSPS) is 22.0. The maximum absolute atomic E-state index is 11.6. The van der Waals surface area contributed by atoms with Crippen molar-refractivity contribution in [3.05, 3.63) is 17.1 Å². The second kappa shape index (κ2) is 3.98. The van der Waals surface area contributed by atoms with Crippen LogP contribution in [0.1, 0.15) is 29.8 Å². The molecule has 1 atom stereocenters. The quantitative estimate of drug-likeness (QED) is 0.744. The minimum absolute atomic E-state index is 0.167. The standard InChI is InChI=1S/C9H12N2OS/c12-9(8-3-5-13-11-8)6-7-2-1-4-10-7/h3,5,7,10H,1-2,4,6H2. The van der Waals surface area contributed by atoms with Gasteiger partial charge in [-0.1, -0.05) is 0 Å². The SMILES string of the molecule is O=C(CC1CCCN1)c1ccsn1. The van der Waals surface area contributed by atoms with E-state index in [9.17, 15) is 4.79 Å². The van der Waals surface area contributed by atoms with Crippen LogP contribution in [0.5, 0.6) is 0 Å². The Hall–Kier alpha value is -0.740. The van der Waals surface area contributed by atoms with Crippen LogP contribution in [0.25, 0.3) is 0 Å². The summed E-state index contributed by atoms with van der Waals surface area (Å²) in [6.07, 6.45) is 2.91. The summed E-state index contributed by atoms with van der Waals surface area (Å²) in [7, 11) is 0. The summed E-state index contributed by atoms with van der Waals surface area (Å²) in [5.74, 6) is 0.167. The van der Waals surface area contributed by atoms with Gasteiger partial charge in [-0.05, 0) is 37.0 Å².